The van der Waals surface area contributed by atoms with Gasteiger partial charge in [-0.05, 0) is 44.4 Å². The van der Waals surface area contributed by atoms with Crippen LogP contribution in [0.25, 0.3) is 11.4 Å². The molecule has 0 radical (unpaired) electrons. The molecule has 0 aliphatic carbocycles. The van der Waals surface area contributed by atoms with Crippen LogP contribution in [0.15, 0.2) is 67.3 Å². The van der Waals surface area contributed by atoms with Gasteiger partial charge in [-0.15, -0.1) is 0 Å². The van der Waals surface area contributed by atoms with Gasteiger partial charge in [0.2, 0.25) is 0 Å². The molecule has 1 saturated heterocycles. The minimum absolute atomic E-state index is 0.00371. The minimum Gasteiger partial charge on any atom is -0.458 e. The van der Waals surface area contributed by atoms with Crippen molar-refractivity contribution in [2.24, 2.45) is 0 Å². The Kier molecular flexibility index (Phi) is 9.43. The lowest BCUT2D eigenvalue weighted by Crippen LogP contribution is -2.55. The van der Waals surface area contributed by atoms with E-state index < -0.39 is 11.9 Å². The van der Waals surface area contributed by atoms with E-state index >= 15 is 0 Å². The molecule has 0 spiro atoms. The molecule has 0 bridgehead atoms. The summed E-state index contributed by atoms with van der Waals surface area (Å²) in [6.45, 7) is 10.3. The first-order valence-corrected chi connectivity index (χ1v) is 13.7. The highest BCUT2D eigenvalue weighted by Gasteiger charge is 2.34. The minimum atomic E-state index is -0.676. The maximum atomic E-state index is 13.9. The van der Waals surface area contributed by atoms with E-state index in [-0.39, 0.29) is 29.8 Å². The number of aromatic nitrogens is 2. The number of amides is 2. The van der Waals surface area contributed by atoms with E-state index in [2.05, 4.69) is 23.5 Å². The van der Waals surface area contributed by atoms with Crippen LogP contribution in [0, 0.1) is 6.92 Å². The van der Waals surface area contributed by atoms with Crippen molar-refractivity contribution in [3.05, 3.63) is 95.3 Å². The molecule has 1 atom stereocenters. The number of benzene rings is 2. The number of nitrogens with zero attached hydrogens (tertiary/aromatic N) is 4. The molecule has 3 aromatic rings. The zero-order valence-electron chi connectivity index (χ0n) is 23.4. The summed E-state index contributed by atoms with van der Waals surface area (Å²) in [4.78, 5) is 52.6. The second-order valence-electron chi connectivity index (χ2n) is 10.0. The van der Waals surface area contributed by atoms with E-state index in [1.165, 1.54) is 11.6 Å². The van der Waals surface area contributed by atoms with Gasteiger partial charge in [-0.2, -0.15) is 0 Å². The Morgan fingerprint density at radius 3 is 2.40 bits per heavy atom. The summed E-state index contributed by atoms with van der Waals surface area (Å²) in [6.07, 6.45) is 4.71. The normalized spacial score (nSPS) is 15.0. The van der Waals surface area contributed by atoms with Crippen molar-refractivity contribution >= 4 is 17.8 Å². The van der Waals surface area contributed by atoms with Gasteiger partial charge in [-0.25, -0.2) is 14.8 Å². The Hall–Kier alpha value is -4.33. The van der Waals surface area contributed by atoms with Crippen molar-refractivity contribution in [1.82, 2.24) is 19.8 Å². The Morgan fingerprint density at radius 1 is 1.02 bits per heavy atom. The average Bonchev–Trinajstić information content (AvgIpc) is 2.98. The monoisotopic (exact) mass is 540 g/mol. The molecule has 4 rings (SSSR count). The molecule has 2 amide bonds. The lowest BCUT2D eigenvalue weighted by Gasteiger charge is -2.40. The van der Waals surface area contributed by atoms with Crippen LogP contribution in [-0.4, -0.2) is 69.8 Å². The number of aryl methyl sites for hydroxylation is 2. The van der Waals surface area contributed by atoms with E-state index in [9.17, 15) is 14.4 Å². The molecule has 1 aliphatic rings. The number of esters is 1. The van der Waals surface area contributed by atoms with Crippen molar-refractivity contribution in [3.63, 3.8) is 0 Å². The molecule has 1 aliphatic heterocycles. The number of piperazine rings is 1. The number of carbonyl (C=O) groups excluding carboxylic acids is 3. The number of hydrogen-bond donors (Lipinski definition) is 0. The molecule has 8 nitrogen and oxygen atoms in total. The molecule has 0 saturated carbocycles. The first-order valence-electron chi connectivity index (χ1n) is 13.7. The Morgan fingerprint density at radius 2 is 1.75 bits per heavy atom. The molecule has 2 heterocycles. The van der Waals surface area contributed by atoms with Crippen molar-refractivity contribution < 1.29 is 19.1 Å². The number of unbranched alkanes of at least 4 members (excludes halogenated alkanes) is 1. The molecule has 208 valence electrons. The Bertz CT molecular complexity index is 1370. The van der Waals surface area contributed by atoms with Crippen molar-refractivity contribution in [2.75, 3.05) is 26.2 Å². The smallest absolute Gasteiger partial charge is 0.342 e. The van der Waals surface area contributed by atoms with E-state index in [4.69, 9.17) is 4.74 Å². The fourth-order valence-electron chi connectivity index (χ4n) is 4.85. The largest absolute Gasteiger partial charge is 0.458 e. The lowest BCUT2D eigenvalue weighted by molar-refractivity contribution is 0.0407. The summed E-state index contributed by atoms with van der Waals surface area (Å²) in [6, 6.07) is 16.9. The van der Waals surface area contributed by atoms with Gasteiger partial charge in [-0.3, -0.25) is 9.59 Å². The third kappa shape index (κ3) is 6.45. The van der Waals surface area contributed by atoms with Gasteiger partial charge in [0.05, 0.1) is 5.69 Å². The zero-order valence-corrected chi connectivity index (χ0v) is 23.4. The van der Waals surface area contributed by atoms with E-state index in [1.807, 2.05) is 61.5 Å². The molecule has 1 fully saturated rings. The molecule has 2 aromatic carbocycles. The lowest BCUT2D eigenvalue weighted by atomic mass is 10.0. The van der Waals surface area contributed by atoms with E-state index in [0.29, 0.717) is 36.7 Å². The van der Waals surface area contributed by atoms with E-state index in [0.717, 1.165) is 24.8 Å². The highest BCUT2D eigenvalue weighted by atomic mass is 16.5. The van der Waals surface area contributed by atoms with Crippen LogP contribution >= 0.6 is 0 Å². The van der Waals surface area contributed by atoms with Gasteiger partial charge in [-0.1, -0.05) is 68.5 Å². The maximum absolute atomic E-state index is 13.9. The SMILES string of the molecule is C=CCOC(=O)c1c(C)nc(-c2ccccc2)nc1C(=O)N1CCN(C(=O)c2ccc(CCCC)cc2)C(C)C1. The number of hydrogen-bond acceptors (Lipinski definition) is 6. The van der Waals surface area contributed by atoms with E-state index in [1.54, 1.807) is 16.7 Å². The molecular formula is C32H36N4O4. The van der Waals surface area contributed by atoms with Crippen molar-refractivity contribution in [1.29, 1.82) is 0 Å². The van der Waals surface area contributed by atoms with Crippen molar-refractivity contribution in [3.8, 4) is 11.4 Å². The van der Waals surface area contributed by atoms with Crippen LogP contribution in [0.5, 0.6) is 0 Å². The predicted molar refractivity (Wildman–Crippen MR) is 154 cm³/mol. The molecular weight excluding hydrogens is 504 g/mol. The second-order valence-corrected chi connectivity index (χ2v) is 10.0. The van der Waals surface area contributed by atoms with Crippen LogP contribution in [0.4, 0.5) is 0 Å². The zero-order chi connectivity index (χ0) is 28.6. The summed E-state index contributed by atoms with van der Waals surface area (Å²) in [5, 5.41) is 0. The standard InChI is InChI=1S/C32H36N4O4/c1-5-7-11-24-14-16-26(17-15-24)30(37)36-19-18-35(21-22(36)3)31(38)28-27(32(39)40-20-6-2)23(4)33-29(34-28)25-12-9-8-10-13-25/h6,8-10,12-17,22H,2,5,7,11,18-21H2,1,3-4H3. The molecule has 0 N–H and O–H groups in total. The van der Waals surface area contributed by atoms with Crippen molar-refractivity contribution in [2.45, 2.75) is 46.1 Å². The fraction of sp³-hybridized carbons (Fsp3) is 0.344. The summed E-state index contributed by atoms with van der Waals surface area (Å²) >= 11 is 0. The van der Waals surface area contributed by atoms with Crippen LogP contribution in [0.2, 0.25) is 0 Å². The second kappa shape index (κ2) is 13.2. The van der Waals surface area contributed by atoms with Crippen LogP contribution in [0.3, 0.4) is 0 Å². The summed E-state index contributed by atoms with van der Waals surface area (Å²) < 4.78 is 5.27. The maximum Gasteiger partial charge on any atom is 0.342 e. The molecule has 1 unspecified atom stereocenters. The van der Waals surface area contributed by atoms with Crippen LogP contribution in [0.1, 0.15) is 69.2 Å². The predicted octanol–water partition coefficient (Wildman–Crippen LogP) is 5.12. The van der Waals surface area contributed by atoms with Gasteiger partial charge in [0, 0.05) is 36.8 Å². The topological polar surface area (TPSA) is 92.7 Å². The fourth-order valence-corrected chi connectivity index (χ4v) is 4.85. The highest BCUT2D eigenvalue weighted by molar-refractivity contribution is 6.05. The Balaban J connectivity index is 1.56. The average molecular weight is 541 g/mol. The van der Waals surface area contributed by atoms with Gasteiger partial charge in [0.25, 0.3) is 11.8 Å². The number of rotatable bonds is 9. The molecule has 1 aromatic heterocycles. The highest BCUT2D eigenvalue weighted by Crippen LogP contribution is 2.23. The van der Waals surface area contributed by atoms with Gasteiger partial charge in [0.1, 0.15) is 17.9 Å². The molecule has 40 heavy (non-hydrogen) atoms. The Labute approximate surface area is 235 Å². The summed E-state index contributed by atoms with van der Waals surface area (Å²) in [7, 11) is 0. The van der Waals surface area contributed by atoms with Crippen LogP contribution < -0.4 is 0 Å². The summed E-state index contributed by atoms with van der Waals surface area (Å²) in [5.74, 6) is -0.775. The first kappa shape index (κ1) is 28.7. The van der Waals surface area contributed by atoms with Gasteiger partial charge in [0.15, 0.2) is 5.82 Å². The van der Waals surface area contributed by atoms with Gasteiger partial charge < -0.3 is 14.5 Å². The third-order valence-electron chi connectivity index (χ3n) is 7.06. The first-order chi connectivity index (χ1) is 19.3. The van der Waals surface area contributed by atoms with Gasteiger partial charge >= 0.3 is 5.97 Å². The summed E-state index contributed by atoms with van der Waals surface area (Å²) in [5.41, 5.74) is 2.99. The van der Waals surface area contributed by atoms with Crippen LogP contribution in [-0.2, 0) is 11.2 Å². The number of carbonyl (C=O) groups is 3. The number of ether oxygens (including phenoxy) is 1. The third-order valence-corrected chi connectivity index (χ3v) is 7.06. The molecule has 8 heteroatoms. The quantitative estimate of drug-likeness (QED) is 0.276.